The first-order chi connectivity index (χ1) is 15.7. The van der Waals surface area contributed by atoms with Gasteiger partial charge in [-0.15, -0.1) is 0 Å². The summed E-state index contributed by atoms with van der Waals surface area (Å²) in [6, 6.07) is 22.3. The van der Waals surface area contributed by atoms with E-state index >= 15 is 0 Å². The number of allylic oxidation sites excluding steroid dienone is 1. The highest BCUT2D eigenvalue weighted by molar-refractivity contribution is 6.07. The fraction of sp³-hybridized carbons (Fsp3) is 0.250. The number of hydrogen-bond donors (Lipinski definition) is 0. The fourth-order valence-corrected chi connectivity index (χ4v) is 5.10. The normalized spacial score (nSPS) is 20.8. The zero-order valence-electron chi connectivity index (χ0n) is 17.8. The Morgan fingerprint density at radius 3 is 2.44 bits per heavy atom. The molecule has 0 radical (unpaired) electrons. The molecular weight excluding hydrogens is 400 g/mol. The summed E-state index contributed by atoms with van der Waals surface area (Å²) in [4.78, 5) is 13.0. The highest BCUT2D eigenvalue weighted by Gasteiger charge is 2.48. The molecule has 4 heteroatoms. The fourth-order valence-electron chi connectivity index (χ4n) is 5.10. The van der Waals surface area contributed by atoms with Crippen molar-refractivity contribution < 1.29 is 19.0 Å². The van der Waals surface area contributed by atoms with Gasteiger partial charge in [-0.3, -0.25) is 4.79 Å². The quantitative estimate of drug-likeness (QED) is 0.550. The first kappa shape index (κ1) is 19.3. The largest absolute Gasteiger partial charge is 0.444 e. The van der Waals surface area contributed by atoms with Gasteiger partial charge in [0.05, 0.1) is 18.1 Å². The monoisotopic (exact) mass is 424 g/mol. The van der Waals surface area contributed by atoms with Gasteiger partial charge in [-0.1, -0.05) is 54.6 Å². The number of carbonyl (C=O) groups excluding carboxylic acids is 1. The third-order valence-corrected chi connectivity index (χ3v) is 6.58. The molecular formula is C28H24O4. The SMILES string of the molecule is O=C1C=CC2(Oc3cccc4cccc(c34)O2)C2=C1C(OCCc1ccccc1)CCC2. The van der Waals surface area contributed by atoms with Gasteiger partial charge in [0.15, 0.2) is 5.78 Å². The van der Waals surface area contributed by atoms with E-state index in [0.717, 1.165) is 53.5 Å². The van der Waals surface area contributed by atoms with Crippen LogP contribution < -0.4 is 9.47 Å². The number of carbonyl (C=O) groups is 1. The molecule has 0 saturated carbocycles. The molecule has 6 rings (SSSR count). The highest BCUT2D eigenvalue weighted by Crippen LogP contribution is 2.48. The molecule has 1 aliphatic heterocycles. The number of hydrogen-bond acceptors (Lipinski definition) is 4. The average molecular weight is 424 g/mol. The van der Waals surface area contributed by atoms with Gasteiger partial charge in [0.25, 0.3) is 5.79 Å². The molecule has 1 unspecified atom stereocenters. The maximum atomic E-state index is 13.0. The zero-order valence-corrected chi connectivity index (χ0v) is 17.8. The molecule has 0 saturated heterocycles. The molecule has 1 atom stereocenters. The van der Waals surface area contributed by atoms with Crippen LogP contribution in [0.2, 0.25) is 0 Å². The number of ether oxygens (including phenoxy) is 3. The molecule has 0 amide bonds. The summed E-state index contributed by atoms with van der Waals surface area (Å²) in [5, 5.41) is 2.05. The van der Waals surface area contributed by atoms with Crippen molar-refractivity contribution in [2.45, 2.75) is 37.6 Å². The molecule has 0 aromatic heterocycles. The van der Waals surface area contributed by atoms with E-state index in [1.165, 1.54) is 5.56 Å². The predicted octanol–water partition coefficient (Wildman–Crippen LogP) is 5.55. The molecule has 3 aliphatic rings. The molecule has 2 aliphatic carbocycles. The third-order valence-electron chi connectivity index (χ3n) is 6.58. The van der Waals surface area contributed by atoms with Crippen LogP contribution in [0.1, 0.15) is 24.8 Å². The van der Waals surface area contributed by atoms with Crippen LogP contribution >= 0.6 is 0 Å². The van der Waals surface area contributed by atoms with Gasteiger partial charge >= 0.3 is 0 Å². The number of rotatable bonds is 4. The summed E-state index contributed by atoms with van der Waals surface area (Å²) >= 11 is 0. The summed E-state index contributed by atoms with van der Waals surface area (Å²) in [7, 11) is 0. The van der Waals surface area contributed by atoms with Crippen LogP contribution in [-0.4, -0.2) is 24.3 Å². The van der Waals surface area contributed by atoms with Gasteiger partial charge in [0.1, 0.15) is 11.5 Å². The molecule has 0 N–H and O–H groups in total. The van der Waals surface area contributed by atoms with E-state index in [2.05, 4.69) is 24.3 Å². The maximum Gasteiger partial charge on any atom is 0.295 e. The smallest absolute Gasteiger partial charge is 0.295 e. The summed E-state index contributed by atoms with van der Waals surface area (Å²) in [6.45, 7) is 0.569. The molecule has 0 fully saturated rings. The van der Waals surface area contributed by atoms with Crippen LogP contribution in [-0.2, 0) is 16.0 Å². The lowest BCUT2D eigenvalue weighted by molar-refractivity contribution is -0.115. The number of benzene rings is 3. The standard InChI is InChI=1S/C28H24O4/c29-22-15-17-28(31-24-13-4-9-20-10-5-14-25(32-28)26(20)24)21-11-6-12-23(27(21)22)30-18-16-19-7-2-1-3-8-19/h1-5,7-10,13-15,17,23H,6,11-12,16,18H2. The number of ketones is 1. The predicted molar refractivity (Wildman–Crippen MR) is 123 cm³/mol. The first-order valence-electron chi connectivity index (χ1n) is 11.3. The van der Waals surface area contributed by atoms with Crippen molar-refractivity contribution in [3.05, 3.63) is 95.6 Å². The van der Waals surface area contributed by atoms with Crippen molar-refractivity contribution >= 4 is 16.6 Å². The minimum absolute atomic E-state index is 0.000645. The zero-order chi connectivity index (χ0) is 21.5. The summed E-state index contributed by atoms with van der Waals surface area (Å²) in [5.41, 5.74) is 2.83. The highest BCUT2D eigenvalue weighted by atomic mass is 16.7. The second kappa shape index (κ2) is 7.64. The van der Waals surface area contributed by atoms with Gasteiger partial charge in [0, 0.05) is 17.2 Å². The lowest BCUT2D eigenvalue weighted by atomic mass is 9.79. The second-order valence-corrected chi connectivity index (χ2v) is 8.56. The van der Waals surface area contributed by atoms with Crippen molar-refractivity contribution in [2.24, 2.45) is 0 Å². The minimum Gasteiger partial charge on any atom is -0.444 e. The molecule has 32 heavy (non-hydrogen) atoms. The Hall–Kier alpha value is -3.37. The Kier molecular flexibility index (Phi) is 4.62. The molecule has 160 valence electrons. The van der Waals surface area contributed by atoms with E-state index in [4.69, 9.17) is 14.2 Å². The van der Waals surface area contributed by atoms with E-state index in [-0.39, 0.29) is 11.9 Å². The second-order valence-electron chi connectivity index (χ2n) is 8.56. The molecule has 3 aromatic carbocycles. The van der Waals surface area contributed by atoms with E-state index < -0.39 is 5.79 Å². The molecule has 0 bridgehead atoms. The van der Waals surface area contributed by atoms with Crippen LogP contribution in [0.15, 0.2) is 90.0 Å². The number of fused-ring (bicyclic) bond motifs is 1. The van der Waals surface area contributed by atoms with Crippen LogP contribution in [0.3, 0.4) is 0 Å². The average Bonchev–Trinajstić information content (AvgIpc) is 2.83. The lowest BCUT2D eigenvalue weighted by Gasteiger charge is -2.43. The summed E-state index contributed by atoms with van der Waals surface area (Å²) in [6.07, 6.45) is 6.45. The Bertz CT molecular complexity index is 1210. The van der Waals surface area contributed by atoms with Crippen molar-refractivity contribution in [1.29, 1.82) is 0 Å². The topological polar surface area (TPSA) is 44.8 Å². The van der Waals surface area contributed by atoms with Gasteiger partial charge in [-0.2, -0.15) is 0 Å². The maximum absolute atomic E-state index is 13.0. The lowest BCUT2D eigenvalue weighted by Crippen LogP contribution is -2.49. The Labute approximate surface area is 187 Å². The van der Waals surface area contributed by atoms with Gasteiger partial charge < -0.3 is 14.2 Å². The van der Waals surface area contributed by atoms with Crippen LogP contribution in [0.5, 0.6) is 11.5 Å². The van der Waals surface area contributed by atoms with Crippen LogP contribution in [0.4, 0.5) is 0 Å². The first-order valence-corrected chi connectivity index (χ1v) is 11.3. The van der Waals surface area contributed by atoms with Crippen molar-refractivity contribution in [1.82, 2.24) is 0 Å². The molecule has 4 nitrogen and oxygen atoms in total. The van der Waals surface area contributed by atoms with Gasteiger partial charge in [0.2, 0.25) is 0 Å². The van der Waals surface area contributed by atoms with Gasteiger partial charge in [-0.25, -0.2) is 0 Å². The van der Waals surface area contributed by atoms with Crippen molar-refractivity contribution in [2.75, 3.05) is 6.61 Å². The molecule has 3 aromatic rings. The van der Waals surface area contributed by atoms with E-state index in [9.17, 15) is 4.79 Å². The third kappa shape index (κ3) is 3.14. The van der Waals surface area contributed by atoms with Crippen LogP contribution in [0.25, 0.3) is 10.8 Å². The van der Waals surface area contributed by atoms with Gasteiger partial charge in [-0.05, 0) is 54.8 Å². The minimum atomic E-state index is -1.09. The Morgan fingerprint density at radius 1 is 0.938 bits per heavy atom. The Balaban J connectivity index is 1.33. The summed E-state index contributed by atoms with van der Waals surface area (Å²) < 4.78 is 19.3. The molecule has 1 heterocycles. The summed E-state index contributed by atoms with van der Waals surface area (Å²) in [5.74, 6) is 0.469. The van der Waals surface area contributed by atoms with E-state index in [1.54, 1.807) is 12.2 Å². The van der Waals surface area contributed by atoms with Crippen molar-refractivity contribution in [3.63, 3.8) is 0 Å². The molecule has 1 spiro atoms. The van der Waals surface area contributed by atoms with E-state index in [1.807, 2.05) is 42.5 Å². The van der Waals surface area contributed by atoms with Crippen molar-refractivity contribution in [3.8, 4) is 11.5 Å². The van der Waals surface area contributed by atoms with E-state index in [0.29, 0.717) is 12.2 Å². The van der Waals surface area contributed by atoms with Crippen LogP contribution in [0, 0.1) is 0 Å². The Morgan fingerprint density at radius 2 is 1.69 bits per heavy atom.